The predicted octanol–water partition coefficient (Wildman–Crippen LogP) is 2.08. The molecule has 0 unspecified atom stereocenters. The number of ether oxygens (including phenoxy) is 4. The number of nitrogens with one attached hydrogen (secondary N) is 1. The van der Waals surface area contributed by atoms with Crippen molar-refractivity contribution in [1.82, 2.24) is 5.32 Å². The van der Waals surface area contributed by atoms with Crippen molar-refractivity contribution in [2.75, 3.05) is 38.1 Å². The normalized spacial score (nSPS) is 13.5. The van der Waals surface area contributed by atoms with E-state index < -0.39 is 15.9 Å². The average Bonchev–Trinajstić information content (AvgIpc) is 3.18. The van der Waals surface area contributed by atoms with Gasteiger partial charge in [-0.15, -0.1) is 0 Å². The topological polar surface area (TPSA) is 103 Å². The molecule has 3 rings (SSSR count). The molecule has 10 heteroatoms. The third-order valence-corrected chi connectivity index (χ3v) is 5.76. The van der Waals surface area contributed by atoms with Gasteiger partial charge in [-0.3, -0.25) is 9.10 Å². The number of nitrogens with zero attached hydrogens (tertiary/aromatic N) is 1. The number of carbonyl (C=O) groups excluding carboxylic acids is 1. The number of anilines is 1. The predicted molar refractivity (Wildman–Crippen MR) is 111 cm³/mol. The van der Waals surface area contributed by atoms with Crippen molar-refractivity contribution in [2.24, 2.45) is 0 Å². The van der Waals surface area contributed by atoms with E-state index in [-0.39, 0.29) is 19.4 Å². The Morgan fingerprint density at radius 1 is 1.10 bits per heavy atom. The molecule has 1 aliphatic rings. The van der Waals surface area contributed by atoms with Gasteiger partial charge in [-0.05, 0) is 36.8 Å². The molecule has 0 saturated heterocycles. The Bertz CT molecular complexity index is 1040. The van der Waals surface area contributed by atoms with Crippen molar-refractivity contribution in [3.05, 3.63) is 42.0 Å². The first-order valence-electron chi connectivity index (χ1n) is 9.11. The maximum Gasteiger partial charge on any atom is 0.241 e. The fourth-order valence-corrected chi connectivity index (χ4v) is 3.91. The summed E-state index contributed by atoms with van der Waals surface area (Å²) >= 11 is 0. The van der Waals surface area contributed by atoms with Gasteiger partial charge in [0.15, 0.2) is 23.0 Å². The summed E-state index contributed by atoms with van der Waals surface area (Å²) in [6.45, 7) is 1.49. The number of amides is 1. The Kier molecular flexibility index (Phi) is 6.25. The first-order valence-corrected chi connectivity index (χ1v) is 11.0. The Balaban J connectivity index is 1.75. The van der Waals surface area contributed by atoms with Gasteiger partial charge < -0.3 is 24.3 Å². The SMILES string of the molecule is COc1ccc([C@@H](C)NC(=O)CN(c2ccc3c(c2)OCO3)S(C)(=O)=O)cc1OC. The summed E-state index contributed by atoms with van der Waals surface area (Å²) in [6, 6.07) is 9.64. The zero-order valence-corrected chi connectivity index (χ0v) is 18.0. The Labute approximate surface area is 175 Å². The smallest absolute Gasteiger partial charge is 0.241 e. The molecule has 1 aliphatic heterocycles. The van der Waals surface area contributed by atoms with Gasteiger partial charge in [0.05, 0.1) is 32.2 Å². The monoisotopic (exact) mass is 436 g/mol. The molecular weight excluding hydrogens is 412 g/mol. The van der Waals surface area contributed by atoms with Crippen LogP contribution in [0.3, 0.4) is 0 Å². The largest absolute Gasteiger partial charge is 0.493 e. The molecule has 0 bridgehead atoms. The minimum Gasteiger partial charge on any atom is -0.493 e. The van der Waals surface area contributed by atoms with E-state index in [0.29, 0.717) is 28.7 Å². The van der Waals surface area contributed by atoms with Crippen molar-refractivity contribution in [3.8, 4) is 23.0 Å². The molecule has 0 saturated carbocycles. The summed E-state index contributed by atoms with van der Waals surface area (Å²) in [5, 5.41) is 2.81. The lowest BCUT2D eigenvalue weighted by atomic mass is 10.1. The minimum atomic E-state index is -3.71. The van der Waals surface area contributed by atoms with Crippen LogP contribution in [-0.2, 0) is 14.8 Å². The number of methoxy groups -OCH3 is 2. The molecule has 2 aromatic rings. The minimum absolute atomic E-state index is 0.0704. The highest BCUT2D eigenvalue weighted by atomic mass is 32.2. The standard InChI is InChI=1S/C20H24N2O7S/c1-13(14-5-7-16(26-2)18(9-14)27-3)21-20(23)11-22(30(4,24)25)15-6-8-17-19(10-15)29-12-28-17/h5-10,13H,11-12H2,1-4H3,(H,21,23)/t13-/m1/s1. The molecular formula is C20H24N2O7S. The van der Waals surface area contributed by atoms with Crippen LogP contribution in [0.5, 0.6) is 23.0 Å². The number of hydrogen-bond donors (Lipinski definition) is 1. The number of carbonyl (C=O) groups is 1. The molecule has 1 atom stereocenters. The molecule has 9 nitrogen and oxygen atoms in total. The summed E-state index contributed by atoms with van der Waals surface area (Å²) in [7, 11) is -0.643. The molecule has 30 heavy (non-hydrogen) atoms. The lowest BCUT2D eigenvalue weighted by molar-refractivity contribution is -0.120. The summed E-state index contributed by atoms with van der Waals surface area (Å²) in [4.78, 5) is 12.6. The second kappa shape index (κ2) is 8.70. The van der Waals surface area contributed by atoms with Gasteiger partial charge in [0.25, 0.3) is 0 Å². The van der Waals surface area contributed by atoms with E-state index in [9.17, 15) is 13.2 Å². The van der Waals surface area contributed by atoms with Crippen LogP contribution in [-0.4, -0.2) is 48.1 Å². The Morgan fingerprint density at radius 3 is 2.47 bits per heavy atom. The van der Waals surface area contributed by atoms with Crippen molar-refractivity contribution >= 4 is 21.6 Å². The zero-order chi connectivity index (χ0) is 21.9. The van der Waals surface area contributed by atoms with Crippen LogP contribution in [0.15, 0.2) is 36.4 Å². The average molecular weight is 436 g/mol. The third-order valence-electron chi connectivity index (χ3n) is 4.62. The van der Waals surface area contributed by atoms with E-state index in [0.717, 1.165) is 16.1 Å². The van der Waals surface area contributed by atoms with Crippen LogP contribution >= 0.6 is 0 Å². The number of hydrogen-bond acceptors (Lipinski definition) is 7. The fourth-order valence-electron chi connectivity index (χ4n) is 3.06. The summed E-state index contributed by atoms with van der Waals surface area (Å²) in [6.07, 6.45) is 1.04. The number of sulfonamides is 1. The summed E-state index contributed by atoms with van der Waals surface area (Å²) in [5.74, 6) is 1.61. The maximum atomic E-state index is 12.6. The first-order chi connectivity index (χ1) is 14.2. The molecule has 1 amide bonds. The van der Waals surface area contributed by atoms with E-state index in [1.807, 2.05) is 0 Å². The quantitative estimate of drug-likeness (QED) is 0.676. The van der Waals surface area contributed by atoms with Gasteiger partial charge in [-0.1, -0.05) is 6.07 Å². The van der Waals surface area contributed by atoms with Crippen LogP contribution in [0.4, 0.5) is 5.69 Å². The molecule has 2 aromatic carbocycles. The Hall–Kier alpha value is -3.14. The summed E-state index contributed by atoms with van der Waals surface area (Å²) in [5.41, 5.74) is 1.10. The van der Waals surface area contributed by atoms with Crippen LogP contribution in [0.25, 0.3) is 0 Å². The van der Waals surface area contributed by atoms with Gasteiger partial charge in [0.1, 0.15) is 6.54 Å². The number of benzene rings is 2. The van der Waals surface area contributed by atoms with Crippen molar-refractivity contribution < 1.29 is 32.2 Å². The molecule has 0 spiro atoms. The van der Waals surface area contributed by atoms with Crippen LogP contribution < -0.4 is 28.6 Å². The molecule has 162 valence electrons. The van der Waals surface area contributed by atoms with Crippen molar-refractivity contribution in [2.45, 2.75) is 13.0 Å². The molecule has 0 aliphatic carbocycles. The Morgan fingerprint density at radius 2 is 1.80 bits per heavy atom. The lowest BCUT2D eigenvalue weighted by Gasteiger charge is -2.23. The molecule has 0 fully saturated rings. The molecule has 1 heterocycles. The van der Waals surface area contributed by atoms with Crippen molar-refractivity contribution in [1.29, 1.82) is 0 Å². The third kappa shape index (κ3) is 4.70. The number of rotatable bonds is 8. The summed E-state index contributed by atoms with van der Waals surface area (Å²) < 4.78 is 46.7. The number of fused-ring (bicyclic) bond motifs is 1. The van der Waals surface area contributed by atoms with Gasteiger partial charge in [-0.2, -0.15) is 0 Å². The van der Waals surface area contributed by atoms with Crippen LogP contribution in [0.1, 0.15) is 18.5 Å². The van der Waals surface area contributed by atoms with E-state index >= 15 is 0 Å². The lowest BCUT2D eigenvalue weighted by Crippen LogP contribution is -2.41. The van der Waals surface area contributed by atoms with Gasteiger partial charge >= 0.3 is 0 Å². The zero-order valence-electron chi connectivity index (χ0n) is 17.2. The van der Waals surface area contributed by atoms with E-state index in [1.165, 1.54) is 13.2 Å². The van der Waals surface area contributed by atoms with Crippen LogP contribution in [0, 0.1) is 0 Å². The fraction of sp³-hybridized carbons (Fsp3) is 0.350. The first kappa shape index (κ1) is 21.6. The van der Waals surface area contributed by atoms with Gasteiger partial charge in [0.2, 0.25) is 22.7 Å². The molecule has 0 aromatic heterocycles. The second-order valence-electron chi connectivity index (χ2n) is 6.71. The maximum absolute atomic E-state index is 12.6. The van der Waals surface area contributed by atoms with Gasteiger partial charge in [0, 0.05) is 6.07 Å². The highest BCUT2D eigenvalue weighted by molar-refractivity contribution is 7.92. The highest BCUT2D eigenvalue weighted by Gasteiger charge is 2.24. The van der Waals surface area contributed by atoms with Crippen molar-refractivity contribution in [3.63, 3.8) is 0 Å². The van der Waals surface area contributed by atoms with E-state index in [2.05, 4.69) is 5.32 Å². The van der Waals surface area contributed by atoms with Crippen LogP contribution in [0.2, 0.25) is 0 Å². The van der Waals surface area contributed by atoms with Gasteiger partial charge in [-0.25, -0.2) is 8.42 Å². The second-order valence-corrected chi connectivity index (χ2v) is 8.62. The molecule has 1 N–H and O–H groups in total. The van der Waals surface area contributed by atoms with E-state index in [4.69, 9.17) is 18.9 Å². The van der Waals surface area contributed by atoms with E-state index in [1.54, 1.807) is 44.4 Å². The highest BCUT2D eigenvalue weighted by Crippen LogP contribution is 2.36. The molecule has 0 radical (unpaired) electrons.